The number of anilines is 1. The fourth-order valence-corrected chi connectivity index (χ4v) is 1.98. The van der Waals surface area contributed by atoms with Crippen molar-refractivity contribution in [2.45, 2.75) is 33.0 Å². The summed E-state index contributed by atoms with van der Waals surface area (Å²) in [7, 11) is 0. The van der Waals surface area contributed by atoms with Crippen molar-refractivity contribution in [2.75, 3.05) is 5.32 Å². The van der Waals surface area contributed by atoms with Crippen LogP contribution in [0.15, 0.2) is 48.5 Å². The molecule has 0 saturated heterocycles. The van der Waals surface area contributed by atoms with Gasteiger partial charge in [0.1, 0.15) is 18.0 Å². The van der Waals surface area contributed by atoms with Crippen LogP contribution in [0.3, 0.4) is 0 Å². The van der Waals surface area contributed by atoms with E-state index in [0.29, 0.717) is 23.6 Å². The molecule has 2 rings (SSSR count). The molecule has 0 heterocycles. The van der Waals surface area contributed by atoms with Gasteiger partial charge >= 0.3 is 6.09 Å². The van der Waals surface area contributed by atoms with Crippen LogP contribution < -0.4 is 10.1 Å². The lowest BCUT2D eigenvalue weighted by molar-refractivity contribution is 0.0636. The van der Waals surface area contributed by atoms with Gasteiger partial charge in [0.15, 0.2) is 0 Å². The molecule has 1 N–H and O–H groups in total. The van der Waals surface area contributed by atoms with Crippen LogP contribution in [0.1, 0.15) is 31.9 Å². The summed E-state index contributed by atoms with van der Waals surface area (Å²) in [5.41, 5.74) is 1.53. The molecule has 0 saturated carbocycles. The second-order valence-electron chi connectivity index (χ2n) is 6.26. The zero-order valence-electron chi connectivity index (χ0n) is 14.0. The van der Waals surface area contributed by atoms with E-state index in [4.69, 9.17) is 14.7 Å². The maximum atomic E-state index is 11.8. The first-order chi connectivity index (χ1) is 11.4. The Labute approximate surface area is 141 Å². The Morgan fingerprint density at radius 2 is 1.92 bits per heavy atom. The Kier molecular flexibility index (Phi) is 5.43. The number of amides is 1. The quantitative estimate of drug-likeness (QED) is 0.900. The van der Waals surface area contributed by atoms with Gasteiger partial charge in [0.05, 0.1) is 11.6 Å². The molecule has 0 fully saturated rings. The number of hydrogen-bond donors (Lipinski definition) is 1. The van der Waals surface area contributed by atoms with E-state index in [0.717, 1.165) is 5.56 Å². The minimum absolute atomic E-state index is 0.339. The molecule has 1 amide bonds. The standard InChI is InChI=1S/C19H20N2O3/c1-19(2,3)24-18(22)21-16-8-5-9-17(11-16)23-13-15-7-4-6-14(10-15)12-20/h4-11H,13H2,1-3H3,(H,21,22). The van der Waals surface area contributed by atoms with Crippen molar-refractivity contribution in [3.05, 3.63) is 59.7 Å². The van der Waals surface area contributed by atoms with E-state index in [1.165, 1.54) is 0 Å². The van der Waals surface area contributed by atoms with Crippen molar-refractivity contribution in [1.82, 2.24) is 0 Å². The molecule has 5 heteroatoms. The number of hydrogen-bond acceptors (Lipinski definition) is 4. The topological polar surface area (TPSA) is 71.3 Å². The van der Waals surface area contributed by atoms with Gasteiger partial charge in [0.2, 0.25) is 0 Å². The average Bonchev–Trinajstić information content (AvgIpc) is 2.51. The molecule has 2 aromatic rings. The van der Waals surface area contributed by atoms with Gasteiger partial charge in [-0.1, -0.05) is 18.2 Å². The summed E-state index contributed by atoms with van der Waals surface area (Å²) in [5, 5.41) is 11.6. The first kappa shape index (κ1) is 17.4. The predicted molar refractivity (Wildman–Crippen MR) is 91.8 cm³/mol. The van der Waals surface area contributed by atoms with Gasteiger partial charge < -0.3 is 9.47 Å². The third-order valence-electron chi connectivity index (χ3n) is 2.94. The molecule has 0 bridgehead atoms. The van der Waals surface area contributed by atoms with E-state index < -0.39 is 11.7 Å². The second-order valence-corrected chi connectivity index (χ2v) is 6.26. The highest BCUT2D eigenvalue weighted by Crippen LogP contribution is 2.20. The highest BCUT2D eigenvalue weighted by atomic mass is 16.6. The maximum absolute atomic E-state index is 11.8. The molecule has 124 valence electrons. The molecule has 0 aliphatic heterocycles. The zero-order chi connectivity index (χ0) is 17.6. The largest absolute Gasteiger partial charge is 0.489 e. The minimum atomic E-state index is -0.552. The first-order valence-corrected chi connectivity index (χ1v) is 7.58. The van der Waals surface area contributed by atoms with E-state index >= 15 is 0 Å². The fraction of sp³-hybridized carbons (Fsp3) is 0.263. The lowest BCUT2D eigenvalue weighted by atomic mass is 10.1. The highest BCUT2D eigenvalue weighted by molar-refractivity contribution is 5.85. The van der Waals surface area contributed by atoms with Crippen LogP contribution in [0.25, 0.3) is 0 Å². The van der Waals surface area contributed by atoms with E-state index in [-0.39, 0.29) is 0 Å². The summed E-state index contributed by atoms with van der Waals surface area (Å²) >= 11 is 0. The van der Waals surface area contributed by atoms with E-state index in [1.54, 1.807) is 36.4 Å². The molecule has 24 heavy (non-hydrogen) atoms. The van der Waals surface area contributed by atoms with Gasteiger partial charge in [0, 0.05) is 11.8 Å². The van der Waals surface area contributed by atoms with Gasteiger partial charge in [0.25, 0.3) is 0 Å². The highest BCUT2D eigenvalue weighted by Gasteiger charge is 2.16. The molecule has 0 atom stereocenters. The third kappa shape index (κ3) is 5.65. The Hall–Kier alpha value is -3.00. The molecule has 0 radical (unpaired) electrons. The van der Waals surface area contributed by atoms with Crippen LogP contribution in [0.5, 0.6) is 5.75 Å². The molecule has 0 aliphatic rings. The SMILES string of the molecule is CC(C)(C)OC(=O)Nc1cccc(OCc2cccc(C#N)c2)c1. The smallest absolute Gasteiger partial charge is 0.412 e. The van der Waals surface area contributed by atoms with E-state index in [1.807, 2.05) is 32.9 Å². The summed E-state index contributed by atoms with van der Waals surface area (Å²) < 4.78 is 10.9. The molecule has 0 aromatic heterocycles. The van der Waals surface area contributed by atoms with Crippen molar-refractivity contribution < 1.29 is 14.3 Å². The number of benzene rings is 2. The number of carbonyl (C=O) groups is 1. The van der Waals surface area contributed by atoms with Crippen molar-refractivity contribution in [3.63, 3.8) is 0 Å². The molecular formula is C19H20N2O3. The van der Waals surface area contributed by atoms with Crippen LogP contribution in [-0.2, 0) is 11.3 Å². The summed E-state index contributed by atoms with van der Waals surface area (Å²) in [6.45, 7) is 5.76. The summed E-state index contributed by atoms with van der Waals surface area (Å²) in [4.78, 5) is 11.8. The minimum Gasteiger partial charge on any atom is -0.489 e. The lowest BCUT2D eigenvalue weighted by Crippen LogP contribution is -2.27. The molecule has 0 spiro atoms. The Morgan fingerprint density at radius 1 is 1.17 bits per heavy atom. The van der Waals surface area contributed by atoms with E-state index in [2.05, 4.69) is 11.4 Å². The van der Waals surface area contributed by atoms with Crippen LogP contribution >= 0.6 is 0 Å². The number of nitrogens with one attached hydrogen (secondary N) is 1. The van der Waals surface area contributed by atoms with Crippen LogP contribution in [0, 0.1) is 11.3 Å². The Balaban J connectivity index is 1.97. The van der Waals surface area contributed by atoms with Gasteiger partial charge in [-0.05, 0) is 50.6 Å². The predicted octanol–water partition coefficient (Wildman–Crippen LogP) is 4.48. The lowest BCUT2D eigenvalue weighted by Gasteiger charge is -2.19. The van der Waals surface area contributed by atoms with Gasteiger partial charge in [-0.3, -0.25) is 5.32 Å². The van der Waals surface area contributed by atoms with Crippen LogP contribution in [0.2, 0.25) is 0 Å². The molecular weight excluding hydrogens is 304 g/mol. The number of carbonyl (C=O) groups excluding carboxylic acids is 1. The van der Waals surface area contributed by atoms with Crippen molar-refractivity contribution in [2.24, 2.45) is 0 Å². The van der Waals surface area contributed by atoms with Crippen LogP contribution in [-0.4, -0.2) is 11.7 Å². The van der Waals surface area contributed by atoms with E-state index in [9.17, 15) is 4.79 Å². The molecule has 0 unspecified atom stereocenters. The number of nitrogens with zero attached hydrogens (tertiary/aromatic N) is 1. The second kappa shape index (κ2) is 7.51. The monoisotopic (exact) mass is 324 g/mol. The first-order valence-electron chi connectivity index (χ1n) is 7.58. The number of rotatable bonds is 4. The molecule has 5 nitrogen and oxygen atoms in total. The van der Waals surface area contributed by atoms with Crippen molar-refractivity contribution in [1.29, 1.82) is 5.26 Å². The summed E-state index contributed by atoms with van der Waals surface area (Å²) in [6.07, 6.45) is -0.513. The van der Waals surface area contributed by atoms with Crippen molar-refractivity contribution in [3.8, 4) is 11.8 Å². The van der Waals surface area contributed by atoms with Gasteiger partial charge in [-0.25, -0.2) is 4.79 Å². The van der Waals surface area contributed by atoms with Gasteiger partial charge in [-0.15, -0.1) is 0 Å². The molecule has 2 aromatic carbocycles. The summed E-state index contributed by atoms with van der Waals surface area (Å²) in [5.74, 6) is 0.617. The molecule has 0 aliphatic carbocycles. The average molecular weight is 324 g/mol. The Bertz CT molecular complexity index is 758. The Morgan fingerprint density at radius 3 is 2.62 bits per heavy atom. The number of ether oxygens (including phenoxy) is 2. The number of nitriles is 1. The normalized spacial score (nSPS) is 10.6. The van der Waals surface area contributed by atoms with Crippen molar-refractivity contribution >= 4 is 11.8 Å². The zero-order valence-corrected chi connectivity index (χ0v) is 14.0. The summed E-state index contributed by atoms with van der Waals surface area (Å²) in [6, 6.07) is 16.4. The fourth-order valence-electron chi connectivity index (χ4n) is 1.98. The maximum Gasteiger partial charge on any atom is 0.412 e. The van der Waals surface area contributed by atoms with Crippen LogP contribution in [0.4, 0.5) is 10.5 Å². The van der Waals surface area contributed by atoms with Gasteiger partial charge in [-0.2, -0.15) is 5.26 Å². The third-order valence-corrected chi connectivity index (χ3v) is 2.94.